The van der Waals surface area contributed by atoms with Gasteiger partial charge < -0.3 is 9.30 Å². The Hall–Kier alpha value is -1.31. The molecule has 0 atom stereocenters. The van der Waals surface area contributed by atoms with E-state index in [0.717, 1.165) is 45.1 Å². The highest BCUT2D eigenvalue weighted by Crippen LogP contribution is 2.02. The van der Waals surface area contributed by atoms with E-state index in [-0.39, 0.29) is 0 Å². The predicted molar refractivity (Wildman–Crippen MR) is 56.4 cm³/mol. The van der Waals surface area contributed by atoms with Gasteiger partial charge in [0, 0.05) is 32.4 Å². The van der Waals surface area contributed by atoms with Gasteiger partial charge in [0.2, 0.25) is 0 Å². The van der Waals surface area contributed by atoms with Crippen molar-refractivity contribution in [3.05, 3.63) is 24.0 Å². The van der Waals surface area contributed by atoms with Gasteiger partial charge in [-0.3, -0.25) is 4.90 Å². The van der Waals surface area contributed by atoms with Crippen LogP contribution in [0.4, 0.5) is 0 Å². The van der Waals surface area contributed by atoms with Gasteiger partial charge in [-0.05, 0) is 12.1 Å². The largest absolute Gasteiger partial charge is 0.379 e. The summed E-state index contributed by atoms with van der Waals surface area (Å²) in [5.74, 6) is 0. The van der Waals surface area contributed by atoms with Crippen molar-refractivity contribution in [3.63, 3.8) is 0 Å². The smallest absolute Gasteiger partial charge is 0.120 e. The third-order valence-electron chi connectivity index (χ3n) is 2.70. The average Bonchev–Trinajstić information content (AvgIpc) is 2.75. The molecule has 1 fully saturated rings. The highest BCUT2D eigenvalue weighted by molar-refractivity contribution is 5.21. The average molecular weight is 205 g/mol. The van der Waals surface area contributed by atoms with Crippen molar-refractivity contribution in [1.29, 1.82) is 5.26 Å². The highest BCUT2D eigenvalue weighted by Gasteiger charge is 2.10. The molecule has 1 saturated heterocycles. The van der Waals surface area contributed by atoms with Crippen LogP contribution in [0, 0.1) is 11.3 Å². The Kier molecular flexibility index (Phi) is 3.38. The summed E-state index contributed by atoms with van der Waals surface area (Å²) in [6.45, 7) is 5.54. The van der Waals surface area contributed by atoms with Crippen LogP contribution in [0.15, 0.2) is 18.3 Å². The van der Waals surface area contributed by atoms with E-state index in [0.29, 0.717) is 0 Å². The second-order valence-electron chi connectivity index (χ2n) is 3.65. The second kappa shape index (κ2) is 4.96. The molecule has 80 valence electrons. The summed E-state index contributed by atoms with van der Waals surface area (Å²) in [5.41, 5.74) is 0.739. The molecule has 1 aliphatic heterocycles. The van der Waals surface area contributed by atoms with Gasteiger partial charge in [0.25, 0.3) is 0 Å². The van der Waals surface area contributed by atoms with Gasteiger partial charge in [-0.15, -0.1) is 0 Å². The van der Waals surface area contributed by atoms with Gasteiger partial charge >= 0.3 is 0 Å². The maximum atomic E-state index is 8.84. The summed E-state index contributed by atoms with van der Waals surface area (Å²) in [7, 11) is 0. The van der Waals surface area contributed by atoms with E-state index in [9.17, 15) is 0 Å². The number of hydrogen-bond donors (Lipinski definition) is 0. The van der Waals surface area contributed by atoms with E-state index >= 15 is 0 Å². The Labute approximate surface area is 89.7 Å². The monoisotopic (exact) mass is 205 g/mol. The summed E-state index contributed by atoms with van der Waals surface area (Å²) in [6.07, 6.45) is 1.96. The molecule has 1 aliphatic rings. The Morgan fingerprint density at radius 1 is 1.33 bits per heavy atom. The number of aromatic nitrogens is 1. The van der Waals surface area contributed by atoms with E-state index in [1.54, 1.807) is 0 Å². The molecule has 1 aromatic heterocycles. The molecular formula is C11H15N3O. The Balaban J connectivity index is 1.85. The first-order valence-electron chi connectivity index (χ1n) is 5.25. The molecular weight excluding hydrogens is 190 g/mol. The van der Waals surface area contributed by atoms with Crippen molar-refractivity contribution < 1.29 is 4.74 Å². The van der Waals surface area contributed by atoms with Crippen LogP contribution in [0.2, 0.25) is 0 Å². The highest BCUT2D eigenvalue weighted by atomic mass is 16.5. The quantitative estimate of drug-likeness (QED) is 0.729. The maximum Gasteiger partial charge on any atom is 0.120 e. The fraction of sp³-hybridized carbons (Fsp3) is 0.545. The van der Waals surface area contributed by atoms with Gasteiger partial charge in [-0.25, -0.2) is 0 Å². The van der Waals surface area contributed by atoms with Crippen LogP contribution in [0.5, 0.6) is 0 Å². The lowest BCUT2D eigenvalue weighted by molar-refractivity contribution is 0.0364. The molecule has 0 spiro atoms. The van der Waals surface area contributed by atoms with Gasteiger partial charge in [0.05, 0.1) is 13.2 Å². The lowest BCUT2D eigenvalue weighted by atomic mass is 10.4. The van der Waals surface area contributed by atoms with Crippen LogP contribution in [0.3, 0.4) is 0 Å². The third-order valence-corrected chi connectivity index (χ3v) is 2.70. The van der Waals surface area contributed by atoms with Crippen LogP contribution in [0.1, 0.15) is 5.69 Å². The van der Waals surface area contributed by atoms with Crippen molar-refractivity contribution in [2.75, 3.05) is 32.8 Å². The zero-order valence-corrected chi connectivity index (χ0v) is 8.72. The molecule has 0 N–H and O–H groups in total. The van der Waals surface area contributed by atoms with Crippen LogP contribution in [-0.4, -0.2) is 42.3 Å². The van der Waals surface area contributed by atoms with Crippen LogP contribution in [0.25, 0.3) is 0 Å². The molecule has 1 aromatic rings. The lowest BCUT2D eigenvalue weighted by Gasteiger charge is -2.26. The van der Waals surface area contributed by atoms with Gasteiger partial charge in [0.15, 0.2) is 0 Å². The summed E-state index contributed by atoms with van der Waals surface area (Å²) >= 11 is 0. The molecule has 15 heavy (non-hydrogen) atoms. The Morgan fingerprint density at radius 2 is 2.13 bits per heavy atom. The molecule has 0 unspecified atom stereocenters. The fourth-order valence-corrected chi connectivity index (χ4v) is 1.78. The molecule has 0 bridgehead atoms. The maximum absolute atomic E-state index is 8.84. The first-order chi connectivity index (χ1) is 7.40. The lowest BCUT2D eigenvalue weighted by Crippen LogP contribution is -2.38. The van der Waals surface area contributed by atoms with Crippen molar-refractivity contribution >= 4 is 0 Å². The number of ether oxygens (including phenoxy) is 1. The number of rotatable bonds is 3. The zero-order chi connectivity index (χ0) is 10.5. The third kappa shape index (κ3) is 2.58. The molecule has 0 saturated carbocycles. The summed E-state index contributed by atoms with van der Waals surface area (Å²) in [5, 5.41) is 8.84. The zero-order valence-electron chi connectivity index (χ0n) is 8.72. The van der Waals surface area contributed by atoms with Crippen molar-refractivity contribution in [2.24, 2.45) is 0 Å². The van der Waals surface area contributed by atoms with E-state index in [4.69, 9.17) is 10.00 Å². The molecule has 4 heteroatoms. The molecule has 2 heterocycles. The van der Waals surface area contributed by atoms with Gasteiger partial charge in [-0.1, -0.05) is 0 Å². The SMILES string of the molecule is N#Cc1cccn1CCN1CCOCC1. The molecule has 0 aliphatic carbocycles. The van der Waals surface area contributed by atoms with Crippen LogP contribution >= 0.6 is 0 Å². The van der Waals surface area contributed by atoms with E-state index < -0.39 is 0 Å². The fourth-order valence-electron chi connectivity index (χ4n) is 1.78. The molecule has 0 amide bonds. The summed E-state index contributed by atoms with van der Waals surface area (Å²) in [6, 6.07) is 5.94. The van der Waals surface area contributed by atoms with E-state index in [1.807, 2.05) is 22.9 Å². The van der Waals surface area contributed by atoms with Crippen LogP contribution in [-0.2, 0) is 11.3 Å². The molecule has 0 aromatic carbocycles. The van der Waals surface area contributed by atoms with E-state index in [2.05, 4.69) is 11.0 Å². The first-order valence-corrected chi connectivity index (χ1v) is 5.25. The molecule has 2 rings (SSSR count). The van der Waals surface area contributed by atoms with Gasteiger partial charge in [-0.2, -0.15) is 5.26 Å². The van der Waals surface area contributed by atoms with E-state index in [1.165, 1.54) is 0 Å². The minimum atomic E-state index is 0.739. The second-order valence-corrected chi connectivity index (χ2v) is 3.65. The minimum Gasteiger partial charge on any atom is -0.379 e. The predicted octanol–water partition coefficient (Wildman–Crippen LogP) is 0.692. The summed E-state index contributed by atoms with van der Waals surface area (Å²) < 4.78 is 7.28. The summed E-state index contributed by atoms with van der Waals surface area (Å²) in [4.78, 5) is 2.37. The molecule has 0 radical (unpaired) electrons. The standard InChI is InChI=1S/C11H15N3O/c12-10-11-2-1-3-14(11)5-4-13-6-8-15-9-7-13/h1-3H,4-9H2. The number of nitrogens with zero attached hydrogens (tertiary/aromatic N) is 3. The number of hydrogen-bond acceptors (Lipinski definition) is 3. The number of morpholine rings is 1. The van der Waals surface area contributed by atoms with Gasteiger partial charge in [0.1, 0.15) is 11.8 Å². The Morgan fingerprint density at radius 3 is 2.87 bits per heavy atom. The number of nitriles is 1. The van der Waals surface area contributed by atoms with Crippen molar-refractivity contribution in [1.82, 2.24) is 9.47 Å². The molecule has 4 nitrogen and oxygen atoms in total. The van der Waals surface area contributed by atoms with Crippen LogP contribution < -0.4 is 0 Å². The van der Waals surface area contributed by atoms with Crippen molar-refractivity contribution in [2.45, 2.75) is 6.54 Å². The Bertz CT molecular complexity index is 347. The normalized spacial score (nSPS) is 17.5. The topological polar surface area (TPSA) is 41.2 Å². The minimum absolute atomic E-state index is 0.739. The van der Waals surface area contributed by atoms with Crippen molar-refractivity contribution in [3.8, 4) is 6.07 Å². The first kappa shape index (κ1) is 10.2.